The summed E-state index contributed by atoms with van der Waals surface area (Å²) in [5, 5.41) is 4.68. The van der Waals surface area contributed by atoms with E-state index in [4.69, 9.17) is 0 Å². The maximum absolute atomic E-state index is 4.38. The molecular weight excluding hydrogens is 1030 g/mol. The van der Waals surface area contributed by atoms with Crippen molar-refractivity contribution in [1.29, 1.82) is 0 Å². The zero-order valence-corrected chi connectivity index (χ0v) is 50.9. The summed E-state index contributed by atoms with van der Waals surface area (Å²) in [7, 11) is 0. The Balaban J connectivity index is 0.000000177. The second kappa shape index (κ2) is 26.5. The summed E-state index contributed by atoms with van der Waals surface area (Å²) in [4.78, 5) is 13.1. The minimum Gasteiger partial charge on any atom is -0.310 e. The van der Waals surface area contributed by atoms with E-state index >= 15 is 0 Å². The second-order valence-electron chi connectivity index (χ2n) is 22.0. The maximum Gasteiger partial charge on any atom is 0.0572 e. The molecule has 12 rings (SSSR count). The first kappa shape index (κ1) is 57.5. The second-order valence-corrected chi connectivity index (χ2v) is 22.0. The lowest BCUT2D eigenvalue weighted by atomic mass is 10.0. The van der Waals surface area contributed by atoms with Crippen LogP contribution in [-0.4, -0.2) is 33.2 Å². The molecule has 426 valence electrons. The van der Waals surface area contributed by atoms with Gasteiger partial charge in [-0.3, -0.25) is 15.0 Å². The van der Waals surface area contributed by atoms with E-state index in [1.807, 2.05) is 37.2 Å². The number of nitrogens with zero attached hydrogens (tertiary/aromatic N) is 7. The van der Waals surface area contributed by atoms with Crippen LogP contribution in [0.4, 0.5) is 0 Å². The van der Waals surface area contributed by atoms with Crippen LogP contribution in [0.3, 0.4) is 0 Å². The Bertz CT molecular complexity index is 4230. The fraction of sp³-hybridized carbons (Fsp3) is 0.218. The van der Waals surface area contributed by atoms with Crippen LogP contribution in [0.15, 0.2) is 201 Å². The molecule has 0 spiro atoms. The molecule has 0 atom stereocenters. The number of aryl methyl sites for hydroxylation is 4. The zero-order valence-electron chi connectivity index (χ0n) is 50.9. The molecule has 0 amide bonds. The maximum atomic E-state index is 4.38. The predicted octanol–water partition coefficient (Wildman–Crippen LogP) is 19.7. The zero-order chi connectivity index (χ0) is 58.8. The number of allylic oxidation sites excluding steroid dienone is 4. The molecule has 0 aliphatic heterocycles. The van der Waals surface area contributed by atoms with Gasteiger partial charge in [-0.25, -0.2) is 0 Å². The van der Waals surface area contributed by atoms with Gasteiger partial charge >= 0.3 is 0 Å². The number of para-hydroxylation sites is 1. The van der Waals surface area contributed by atoms with Crippen molar-refractivity contribution in [2.45, 2.75) is 113 Å². The van der Waals surface area contributed by atoms with E-state index in [1.54, 1.807) is 0 Å². The van der Waals surface area contributed by atoms with Gasteiger partial charge in [0.05, 0.1) is 22.1 Å². The van der Waals surface area contributed by atoms with Gasteiger partial charge in [0.1, 0.15) is 0 Å². The van der Waals surface area contributed by atoms with Gasteiger partial charge in [-0.2, -0.15) is 0 Å². The summed E-state index contributed by atoms with van der Waals surface area (Å²) in [5.74, 6) is 0. The third-order valence-electron chi connectivity index (χ3n) is 16.8. The highest BCUT2D eigenvalue weighted by molar-refractivity contribution is 6.09. The van der Waals surface area contributed by atoms with Crippen LogP contribution in [0.2, 0.25) is 0 Å². The molecule has 0 aliphatic rings. The molecule has 0 bridgehead atoms. The molecular formula is C78H79N7. The van der Waals surface area contributed by atoms with Crippen molar-refractivity contribution in [2.75, 3.05) is 0 Å². The minimum absolute atomic E-state index is 0.998. The quantitative estimate of drug-likeness (QED) is 0.0811. The minimum atomic E-state index is 0.998. The third-order valence-corrected chi connectivity index (χ3v) is 16.8. The summed E-state index contributed by atoms with van der Waals surface area (Å²) in [6, 6.07) is 51.2. The normalized spacial score (nSPS) is 12.0. The van der Waals surface area contributed by atoms with Crippen LogP contribution in [0.1, 0.15) is 129 Å². The topological polar surface area (TPSA) is 58.4 Å². The molecule has 0 saturated heterocycles. The van der Waals surface area contributed by atoms with E-state index in [2.05, 4.69) is 277 Å². The van der Waals surface area contributed by atoms with E-state index in [1.165, 1.54) is 106 Å². The molecule has 0 aliphatic carbocycles. The molecule has 0 N–H and O–H groups in total. The lowest BCUT2D eigenvalue weighted by Gasteiger charge is -2.13. The van der Waals surface area contributed by atoms with Crippen LogP contribution >= 0.6 is 0 Å². The molecule has 0 fully saturated rings. The van der Waals surface area contributed by atoms with Gasteiger partial charge in [0.15, 0.2) is 0 Å². The molecule has 7 nitrogen and oxygen atoms in total. The van der Waals surface area contributed by atoms with Crippen molar-refractivity contribution >= 4 is 67.9 Å². The number of rotatable bonds is 19. The van der Waals surface area contributed by atoms with Crippen molar-refractivity contribution < 1.29 is 0 Å². The SMILES string of the molecule is C/C=C\c1c(CC)c(CC)c(/C=C\C)n1-c1ccc(CCc2ccc(-n3c4ccncc4c4cnccc43)cc2)cc1.C/C=C\c1c(CC)c(CCC)c(/C=C\C)n1-c1ccc(CCc2ccc(-n3c4ccccc4c4cnccc43)cc2)cc1. The number of benzene rings is 5. The summed E-state index contributed by atoms with van der Waals surface area (Å²) >= 11 is 0. The van der Waals surface area contributed by atoms with E-state index in [-0.39, 0.29) is 0 Å². The highest BCUT2D eigenvalue weighted by Gasteiger charge is 2.21. The van der Waals surface area contributed by atoms with Crippen LogP contribution in [0.5, 0.6) is 0 Å². The standard InChI is InChI=1S/C40H41N3.C38H38N4/c1-5-11-34-33(8-4)37(12-6-2)42(38(34)13-7-3)31-22-18-29(19-23-31)16-17-30-20-24-32(25-21-30)43-39-15-10-9-14-35(39)36-28-41-27-26-40(36)43;1-5-9-35-31(7-3)32(8-4)36(10-6-2)41(35)29-17-13-27(14-18-29)11-12-28-15-19-30(20-16-28)42-37-21-23-39-25-33(37)34-26-40-24-22-38(34)42/h6-7,9-10,12-15,18-28H,5,8,11,16-17H2,1-4H3;5-6,9-10,13-26H,7-8,11-12H2,1-4H3/b12-6-,13-7-;9-5-,10-6-. The van der Waals surface area contributed by atoms with E-state index in [0.29, 0.717) is 0 Å². The number of fused-ring (bicyclic) bond motifs is 6. The van der Waals surface area contributed by atoms with E-state index in [0.717, 1.165) is 85.3 Å². The Kier molecular flexibility index (Phi) is 17.9. The molecule has 0 unspecified atom stereocenters. The van der Waals surface area contributed by atoms with Gasteiger partial charge in [-0.15, -0.1) is 0 Å². The van der Waals surface area contributed by atoms with Gasteiger partial charge < -0.3 is 18.3 Å². The predicted molar refractivity (Wildman–Crippen MR) is 362 cm³/mol. The molecule has 85 heavy (non-hydrogen) atoms. The first-order valence-corrected chi connectivity index (χ1v) is 30.8. The Morgan fingerprint density at radius 3 is 0.929 bits per heavy atom. The Hall–Kier alpha value is -9.33. The highest BCUT2D eigenvalue weighted by atomic mass is 15.0. The van der Waals surface area contributed by atoms with Crippen molar-refractivity contribution in [3.05, 3.63) is 268 Å². The molecule has 5 aromatic carbocycles. The van der Waals surface area contributed by atoms with Crippen LogP contribution in [0.25, 0.3) is 90.7 Å². The highest BCUT2D eigenvalue weighted by Crippen LogP contribution is 2.36. The lowest BCUT2D eigenvalue weighted by molar-refractivity contribution is 0.899. The van der Waals surface area contributed by atoms with Crippen LogP contribution in [0, 0.1) is 0 Å². The average Bonchev–Trinajstić information content (AvgIpc) is 4.46. The Morgan fingerprint density at radius 1 is 0.306 bits per heavy atom. The first-order chi connectivity index (χ1) is 41.9. The fourth-order valence-electron chi connectivity index (χ4n) is 12.9. The van der Waals surface area contributed by atoms with Crippen molar-refractivity contribution in [2.24, 2.45) is 0 Å². The van der Waals surface area contributed by atoms with Gasteiger partial charge in [0, 0.05) is 104 Å². The summed E-state index contributed by atoms with van der Waals surface area (Å²) in [6.45, 7) is 17.5. The van der Waals surface area contributed by atoms with E-state index in [9.17, 15) is 0 Å². The fourth-order valence-corrected chi connectivity index (χ4v) is 12.9. The van der Waals surface area contributed by atoms with Crippen molar-refractivity contribution in [3.63, 3.8) is 0 Å². The molecule has 7 heteroatoms. The van der Waals surface area contributed by atoms with Crippen LogP contribution in [-0.2, 0) is 51.4 Å². The molecule has 0 radical (unpaired) electrons. The van der Waals surface area contributed by atoms with Gasteiger partial charge in [-0.1, -0.05) is 125 Å². The lowest BCUT2D eigenvalue weighted by Crippen LogP contribution is -2.01. The molecule has 0 saturated carbocycles. The monoisotopic (exact) mass is 1110 g/mol. The Labute approximate surface area is 502 Å². The number of hydrogen-bond acceptors (Lipinski definition) is 3. The number of pyridine rings is 3. The number of hydrogen-bond donors (Lipinski definition) is 0. The Morgan fingerprint density at radius 2 is 0.600 bits per heavy atom. The number of aromatic nitrogens is 7. The molecule has 7 aromatic heterocycles. The smallest absolute Gasteiger partial charge is 0.0572 e. The summed E-state index contributed by atoms with van der Waals surface area (Å²) < 4.78 is 9.53. The van der Waals surface area contributed by atoms with Crippen LogP contribution < -0.4 is 0 Å². The van der Waals surface area contributed by atoms with Crippen molar-refractivity contribution in [3.8, 4) is 22.7 Å². The summed E-state index contributed by atoms with van der Waals surface area (Å²) in [6.07, 6.45) is 38.5. The van der Waals surface area contributed by atoms with Gasteiger partial charge in [0.2, 0.25) is 0 Å². The molecule has 7 heterocycles. The van der Waals surface area contributed by atoms with Gasteiger partial charge in [-0.05, 0) is 221 Å². The van der Waals surface area contributed by atoms with Crippen molar-refractivity contribution in [1.82, 2.24) is 33.2 Å². The van der Waals surface area contributed by atoms with Gasteiger partial charge in [0.25, 0.3) is 0 Å². The van der Waals surface area contributed by atoms with E-state index < -0.39 is 0 Å². The third kappa shape index (κ3) is 11.4. The largest absolute Gasteiger partial charge is 0.310 e. The molecule has 12 aromatic rings. The average molecular weight is 1110 g/mol. The summed E-state index contributed by atoms with van der Waals surface area (Å²) in [5.41, 5.74) is 26.0. The first-order valence-electron chi connectivity index (χ1n) is 30.8.